The lowest BCUT2D eigenvalue weighted by Gasteiger charge is -2.20. The number of carbonyl (C=O) groups is 2. The number of anilines is 1. The Morgan fingerprint density at radius 2 is 0.982 bits per heavy atom. The Balaban J connectivity index is 1.26. The van der Waals surface area contributed by atoms with Gasteiger partial charge in [-0.3, -0.25) is 9.59 Å². The van der Waals surface area contributed by atoms with E-state index in [0.29, 0.717) is 5.69 Å². The maximum absolute atomic E-state index is 12.5. The van der Waals surface area contributed by atoms with E-state index in [1.165, 1.54) is 0 Å². The molecule has 6 aromatic rings. The Labute approximate surface area is 324 Å². The standard InChI is InChI=1S/C48H39N5O3/c54-43(28-29-44(55)56)49-34-18-16-33(17-19-34)48-41-26-24-39(52-41)46(31-12-6-2-7-13-31)37-22-20-35(50-37)45(30-10-4-1-5-11-30)36-21-23-38(51-36)47(32-14-8-3-9-15-32)40-25-27-42(48)53-40/h1-27,37,42,50-53H,28-29H2,(H,49,54)(H,55,56)/b45-35-,46-39-,47-40-,48-41-. The number of aliphatic carboxylic acids is 1. The monoisotopic (exact) mass is 733 g/mol. The molecule has 9 rings (SSSR count). The van der Waals surface area contributed by atoms with Gasteiger partial charge >= 0.3 is 5.97 Å². The summed E-state index contributed by atoms with van der Waals surface area (Å²) in [5, 5.41) is 21.6. The van der Waals surface area contributed by atoms with E-state index < -0.39 is 5.97 Å². The molecule has 8 nitrogen and oxygen atoms in total. The molecule has 8 bridgehead atoms. The zero-order chi connectivity index (χ0) is 38.0. The van der Waals surface area contributed by atoms with E-state index in [9.17, 15) is 9.59 Å². The number of hydrogen-bond donors (Lipinski definition) is 6. The maximum atomic E-state index is 12.5. The second kappa shape index (κ2) is 14.8. The number of fused-ring (bicyclic) bond motifs is 8. The first kappa shape index (κ1) is 34.4. The third kappa shape index (κ3) is 6.80. The van der Waals surface area contributed by atoms with E-state index in [0.717, 1.165) is 78.0 Å². The van der Waals surface area contributed by atoms with Crippen molar-refractivity contribution in [2.45, 2.75) is 24.9 Å². The van der Waals surface area contributed by atoms with Crippen LogP contribution >= 0.6 is 0 Å². The fourth-order valence-electron chi connectivity index (χ4n) is 7.88. The van der Waals surface area contributed by atoms with Gasteiger partial charge in [-0.05, 0) is 70.8 Å². The van der Waals surface area contributed by atoms with Crippen LogP contribution in [-0.4, -0.2) is 39.0 Å². The van der Waals surface area contributed by atoms with E-state index in [2.05, 4.69) is 147 Å². The molecule has 0 saturated carbocycles. The molecule has 3 aliphatic heterocycles. The molecule has 6 N–H and O–H groups in total. The number of carboxylic acid groups (broad SMARTS) is 1. The number of carboxylic acids is 1. The first-order valence-electron chi connectivity index (χ1n) is 18.8. The van der Waals surface area contributed by atoms with Crippen LogP contribution in [0.25, 0.3) is 22.3 Å². The summed E-state index contributed by atoms with van der Waals surface area (Å²) in [5.41, 5.74) is 13.2. The molecule has 2 atom stereocenters. The Morgan fingerprint density at radius 3 is 1.46 bits per heavy atom. The number of allylic oxidation sites excluding steroid dienone is 2. The summed E-state index contributed by atoms with van der Waals surface area (Å²) in [6, 6.07) is 47.5. The van der Waals surface area contributed by atoms with Crippen molar-refractivity contribution in [2.75, 3.05) is 5.32 Å². The molecule has 274 valence electrons. The van der Waals surface area contributed by atoms with Crippen molar-refractivity contribution in [1.29, 1.82) is 0 Å². The molecule has 0 spiro atoms. The van der Waals surface area contributed by atoms with E-state index in [-0.39, 0.29) is 30.8 Å². The van der Waals surface area contributed by atoms with Crippen LogP contribution in [0.4, 0.5) is 5.69 Å². The second-order valence-electron chi connectivity index (χ2n) is 14.1. The second-order valence-corrected chi connectivity index (χ2v) is 14.1. The summed E-state index contributed by atoms with van der Waals surface area (Å²) in [6.07, 6.45) is 8.48. The van der Waals surface area contributed by atoms with E-state index in [4.69, 9.17) is 5.11 Å². The normalized spacial score (nSPS) is 21.7. The molecule has 4 aromatic carbocycles. The highest BCUT2D eigenvalue weighted by molar-refractivity contribution is 5.93. The molecule has 5 heterocycles. The molecule has 0 aliphatic carbocycles. The van der Waals surface area contributed by atoms with Gasteiger partial charge in [-0.25, -0.2) is 0 Å². The summed E-state index contributed by atoms with van der Waals surface area (Å²) >= 11 is 0. The van der Waals surface area contributed by atoms with Gasteiger partial charge in [-0.2, -0.15) is 0 Å². The smallest absolute Gasteiger partial charge is 0.303 e. The number of hydrogen-bond acceptors (Lipinski definition) is 4. The quantitative estimate of drug-likeness (QED) is 0.102. The summed E-state index contributed by atoms with van der Waals surface area (Å²) in [7, 11) is 0. The molecule has 56 heavy (non-hydrogen) atoms. The van der Waals surface area contributed by atoms with E-state index in [1.54, 1.807) is 0 Å². The van der Waals surface area contributed by atoms with Crippen LogP contribution in [-0.2, 0) is 9.59 Å². The molecule has 2 unspecified atom stereocenters. The van der Waals surface area contributed by atoms with Gasteiger partial charge in [-0.1, -0.05) is 115 Å². The summed E-state index contributed by atoms with van der Waals surface area (Å²) in [5.74, 6) is -1.34. The van der Waals surface area contributed by atoms with Crippen molar-refractivity contribution < 1.29 is 14.7 Å². The molecule has 0 fully saturated rings. The number of aromatic amines is 2. The van der Waals surface area contributed by atoms with Crippen molar-refractivity contribution in [3.8, 4) is 0 Å². The van der Waals surface area contributed by atoms with Crippen LogP contribution in [0.1, 0.15) is 46.5 Å². The largest absolute Gasteiger partial charge is 0.481 e. The van der Waals surface area contributed by atoms with Crippen molar-refractivity contribution in [2.24, 2.45) is 0 Å². The Bertz CT molecular complexity index is 2700. The van der Waals surface area contributed by atoms with Crippen LogP contribution in [0.3, 0.4) is 0 Å². The molecular formula is C48H39N5O3. The van der Waals surface area contributed by atoms with Crippen LogP contribution in [0.5, 0.6) is 0 Å². The predicted octanol–water partition coefficient (Wildman–Crippen LogP) is 6.83. The molecule has 3 aliphatic rings. The number of H-pyrrole nitrogens is 2. The minimum Gasteiger partial charge on any atom is -0.481 e. The number of nitrogens with one attached hydrogen (secondary N) is 5. The molecule has 2 aromatic heterocycles. The number of benzene rings is 4. The Hall–Kier alpha value is -7.32. The zero-order valence-corrected chi connectivity index (χ0v) is 30.4. The van der Waals surface area contributed by atoms with Gasteiger partial charge in [0.15, 0.2) is 0 Å². The molecule has 0 radical (unpaired) electrons. The van der Waals surface area contributed by atoms with Gasteiger partial charge in [0.2, 0.25) is 5.91 Å². The first-order valence-corrected chi connectivity index (χ1v) is 18.8. The van der Waals surface area contributed by atoms with Gasteiger partial charge in [0.1, 0.15) is 0 Å². The lowest BCUT2D eigenvalue weighted by atomic mass is 9.98. The Morgan fingerprint density at radius 1 is 0.518 bits per heavy atom. The van der Waals surface area contributed by atoms with Crippen molar-refractivity contribution in [1.82, 2.24) is 20.6 Å². The van der Waals surface area contributed by atoms with Gasteiger partial charge in [0, 0.05) is 67.9 Å². The highest BCUT2D eigenvalue weighted by Gasteiger charge is 2.27. The topological polar surface area (TPSA) is 122 Å². The molecular weight excluding hydrogens is 695 g/mol. The van der Waals surface area contributed by atoms with Gasteiger partial charge in [-0.15, -0.1) is 0 Å². The van der Waals surface area contributed by atoms with Crippen LogP contribution in [0, 0.1) is 0 Å². The van der Waals surface area contributed by atoms with Crippen molar-refractivity contribution >= 4 is 39.9 Å². The van der Waals surface area contributed by atoms with Crippen molar-refractivity contribution in [3.05, 3.63) is 220 Å². The van der Waals surface area contributed by atoms with E-state index >= 15 is 0 Å². The number of amides is 1. The third-order valence-corrected chi connectivity index (χ3v) is 10.4. The van der Waals surface area contributed by atoms with E-state index in [1.807, 2.05) is 42.5 Å². The highest BCUT2D eigenvalue weighted by Crippen LogP contribution is 2.35. The fourth-order valence-corrected chi connectivity index (χ4v) is 7.88. The predicted molar refractivity (Wildman–Crippen MR) is 221 cm³/mol. The lowest BCUT2D eigenvalue weighted by molar-refractivity contribution is -0.138. The van der Waals surface area contributed by atoms with Gasteiger partial charge in [0.05, 0.1) is 18.5 Å². The van der Waals surface area contributed by atoms with Crippen molar-refractivity contribution in [3.63, 3.8) is 0 Å². The van der Waals surface area contributed by atoms with Crippen LogP contribution in [0.2, 0.25) is 0 Å². The summed E-state index contributed by atoms with van der Waals surface area (Å²) in [6.45, 7) is 0. The SMILES string of the molecule is O=C(O)CCC(=O)Nc1ccc(/C2=c3\cc/c([nH]3)=C(\c3ccccc3)C3C=C/C(=C(\c4ccccc4)c4ccc([nH]4)/C(c4ccccc4)=C4/C=CC2N4)N3)cc1. The fraction of sp³-hybridized carbons (Fsp3) is 0.0833. The average Bonchev–Trinajstić information content (AvgIpc) is 4.07. The molecule has 1 amide bonds. The molecule has 0 saturated heterocycles. The Kier molecular flexibility index (Phi) is 9.13. The first-order chi connectivity index (χ1) is 27.5. The number of rotatable bonds is 8. The number of aromatic nitrogens is 2. The minimum absolute atomic E-state index is 0.0895. The summed E-state index contributed by atoms with van der Waals surface area (Å²) in [4.78, 5) is 31.1. The van der Waals surface area contributed by atoms with Crippen LogP contribution < -0.4 is 26.6 Å². The zero-order valence-electron chi connectivity index (χ0n) is 30.4. The third-order valence-electron chi connectivity index (χ3n) is 10.4. The average molecular weight is 734 g/mol. The molecule has 8 heteroatoms. The highest BCUT2D eigenvalue weighted by atomic mass is 16.4. The maximum Gasteiger partial charge on any atom is 0.303 e. The lowest BCUT2D eigenvalue weighted by Crippen LogP contribution is -2.31. The summed E-state index contributed by atoms with van der Waals surface area (Å²) < 4.78 is 0. The minimum atomic E-state index is -1.00. The van der Waals surface area contributed by atoms with Gasteiger partial charge < -0.3 is 31.0 Å². The van der Waals surface area contributed by atoms with Crippen LogP contribution in [0.15, 0.2) is 175 Å². The van der Waals surface area contributed by atoms with Gasteiger partial charge in [0.25, 0.3) is 0 Å². The number of carbonyl (C=O) groups excluding carboxylic acids is 1.